The summed E-state index contributed by atoms with van der Waals surface area (Å²) in [5.41, 5.74) is -2.09. The molecule has 1 saturated heterocycles. The lowest BCUT2D eigenvalue weighted by Gasteiger charge is -2.31. The van der Waals surface area contributed by atoms with Crippen LogP contribution in [0.4, 0.5) is 14.0 Å². The fourth-order valence-electron chi connectivity index (χ4n) is 7.22. The van der Waals surface area contributed by atoms with Gasteiger partial charge in [-0.05, 0) is 77.5 Å². The minimum Gasteiger partial charge on any atom is -0.465 e. The summed E-state index contributed by atoms with van der Waals surface area (Å²) < 4.78 is 47.8. The first kappa shape index (κ1) is 39.4. The van der Waals surface area contributed by atoms with Crippen molar-refractivity contribution in [1.82, 2.24) is 25.2 Å². The number of carboxylic acid groups (broad SMARTS) is 1. The summed E-state index contributed by atoms with van der Waals surface area (Å²) in [5.74, 6) is -4.89. The van der Waals surface area contributed by atoms with Crippen molar-refractivity contribution in [2.45, 2.75) is 107 Å². The van der Waals surface area contributed by atoms with Crippen LogP contribution < -0.4 is 15.4 Å². The van der Waals surface area contributed by atoms with E-state index in [0.29, 0.717) is 18.4 Å². The van der Waals surface area contributed by atoms with Crippen LogP contribution in [0.3, 0.4) is 0 Å². The summed E-state index contributed by atoms with van der Waals surface area (Å²) >= 11 is 0. The van der Waals surface area contributed by atoms with Gasteiger partial charge in [0.2, 0.25) is 21.8 Å². The molecular formula is C36H46FN5O10S. The van der Waals surface area contributed by atoms with Crippen LogP contribution in [0.15, 0.2) is 43.0 Å². The number of likely N-dealkylation sites (tertiary alicyclic amines) is 1. The number of alkyl carbamates (subject to hydrolysis) is 1. The molecule has 53 heavy (non-hydrogen) atoms. The van der Waals surface area contributed by atoms with Crippen molar-refractivity contribution in [3.63, 3.8) is 0 Å². The van der Waals surface area contributed by atoms with E-state index in [1.54, 1.807) is 33.8 Å². The number of amides is 5. The highest BCUT2D eigenvalue weighted by Gasteiger charge is 2.62. The van der Waals surface area contributed by atoms with Gasteiger partial charge in [0, 0.05) is 30.4 Å². The Labute approximate surface area is 307 Å². The molecule has 0 radical (unpaired) electrons. The smallest absolute Gasteiger partial charge is 0.408 e. The first-order chi connectivity index (χ1) is 24.8. The number of ketones is 1. The lowest BCUT2D eigenvalue weighted by atomic mass is 9.90. The predicted octanol–water partition coefficient (Wildman–Crippen LogP) is 3.07. The number of hydrogen-bond acceptors (Lipinski definition) is 9. The van der Waals surface area contributed by atoms with Crippen molar-refractivity contribution in [2.75, 3.05) is 6.54 Å². The molecule has 3 fully saturated rings. The lowest BCUT2D eigenvalue weighted by Crippen LogP contribution is -2.58. The molecule has 2 aliphatic heterocycles. The first-order valence-corrected chi connectivity index (χ1v) is 19.1. The second-order valence-electron chi connectivity index (χ2n) is 15.1. The second kappa shape index (κ2) is 14.9. The molecule has 0 aromatic heterocycles. The maximum absolute atomic E-state index is 14.9. The maximum Gasteiger partial charge on any atom is 0.408 e. The first-order valence-electron chi connectivity index (χ1n) is 17.5. The number of benzene rings is 1. The van der Waals surface area contributed by atoms with Gasteiger partial charge in [-0.25, -0.2) is 22.4 Å². The Kier molecular flexibility index (Phi) is 11.1. The molecule has 1 unspecified atom stereocenters. The Morgan fingerprint density at radius 3 is 2.43 bits per heavy atom. The molecular weight excluding hydrogens is 713 g/mol. The number of sulfonamides is 1. The molecule has 1 aromatic rings. The average molecular weight is 760 g/mol. The third kappa shape index (κ3) is 8.55. The summed E-state index contributed by atoms with van der Waals surface area (Å²) in [6.07, 6.45) is 2.30. The van der Waals surface area contributed by atoms with Crippen LogP contribution >= 0.6 is 0 Å². The van der Waals surface area contributed by atoms with Crippen molar-refractivity contribution < 1.29 is 51.4 Å². The third-order valence-electron chi connectivity index (χ3n) is 10.0. The van der Waals surface area contributed by atoms with E-state index in [4.69, 9.17) is 4.74 Å². The minimum atomic E-state index is -3.99. The number of carbonyl (C=O) groups is 6. The number of nitrogens with zero attached hydrogens (tertiary/aromatic N) is 2. The van der Waals surface area contributed by atoms with Gasteiger partial charge in [-0.2, -0.15) is 0 Å². The average Bonchev–Trinajstić information content (AvgIpc) is 3.96. The Hall–Kier alpha value is -4.80. The number of ether oxygens (including phenoxy) is 1. The van der Waals surface area contributed by atoms with Crippen LogP contribution in [0.5, 0.6) is 0 Å². The number of fused-ring (bicyclic) bond motifs is 1. The van der Waals surface area contributed by atoms with Crippen molar-refractivity contribution in [3.8, 4) is 0 Å². The summed E-state index contributed by atoms with van der Waals surface area (Å²) in [5, 5.41) is 14.6. The molecule has 4 aliphatic rings. The number of rotatable bonds is 13. The van der Waals surface area contributed by atoms with Crippen LogP contribution in [-0.4, -0.2) is 94.0 Å². The summed E-state index contributed by atoms with van der Waals surface area (Å²) in [6.45, 7) is 9.73. The Bertz CT molecular complexity index is 1840. The summed E-state index contributed by atoms with van der Waals surface area (Å²) in [4.78, 5) is 82.4. The number of nitrogens with one attached hydrogen (secondary N) is 3. The van der Waals surface area contributed by atoms with E-state index in [9.17, 15) is 46.7 Å². The molecule has 6 atom stereocenters. The van der Waals surface area contributed by atoms with Gasteiger partial charge in [0.15, 0.2) is 5.78 Å². The number of allylic oxidation sites excluding steroid dienone is 2. The van der Waals surface area contributed by atoms with Gasteiger partial charge in [-0.3, -0.25) is 28.8 Å². The predicted molar refractivity (Wildman–Crippen MR) is 188 cm³/mol. The molecule has 5 amide bonds. The zero-order chi connectivity index (χ0) is 39.0. The molecule has 4 N–H and O–H groups in total. The summed E-state index contributed by atoms with van der Waals surface area (Å²) in [7, 11) is -3.99. The molecule has 0 spiro atoms. The van der Waals surface area contributed by atoms with Gasteiger partial charge in [0.05, 0.1) is 17.8 Å². The van der Waals surface area contributed by atoms with Gasteiger partial charge in [-0.1, -0.05) is 24.3 Å². The van der Waals surface area contributed by atoms with Gasteiger partial charge >= 0.3 is 12.2 Å². The second-order valence-corrected chi connectivity index (χ2v) is 17.0. The molecule has 288 valence electrons. The van der Waals surface area contributed by atoms with E-state index in [1.165, 1.54) is 30.4 Å². The highest BCUT2D eigenvalue weighted by Crippen LogP contribution is 2.47. The Morgan fingerprint density at radius 2 is 1.85 bits per heavy atom. The van der Waals surface area contributed by atoms with Crippen LogP contribution in [0.2, 0.25) is 0 Å². The third-order valence-corrected chi connectivity index (χ3v) is 11.8. The zero-order valence-electron chi connectivity index (χ0n) is 30.1. The number of halogens is 1. The van der Waals surface area contributed by atoms with Crippen molar-refractivity contribution in [2.24, 2.45) is 11.8 Å². The van der Waals surface area contributed by atoms with E-state index in [0.717, 1.165) is 9.80 Å². The van der Waals surface area contributed by atoms with Crippen LogP contribution in [0.25, 0.3) is 0 Å². The fraction of sp³-hybridized carbons (Fsp3) is 0.556. The van der Waals surface area contributed by atoms with Crippen molar-refractivity contribution >= 4 is 45.7 Å². The molecule has 2 heterocycles. The SMILES string of the molecule is C=C[C@@H]1C[C@]1(NC(=O)[C@@H]1C[C@@H](C2c3cccc(F)c3CN2C(=O)O)CN1C(=O)[C@H](CCC(=O)/C=C/C)NC(=O)OC(C)(C)C)C(=O)NS(=O)(=O)C1CC1. The quantitative estimate of drug-likeness (QED) is 0.171. The van der Waals surface area contributed by atoms with Crippen LogP contribution in [0, 0.1) is 17.7 Å². The molecule has 17 heteroatoms. The van der Waals surface area contributed by atoms with Gasteiger partial charge in [0.25, 0.3) is 5.91 Å². The summed E-state index contributed by atoms with van der Waals surface area (Å²) in [6, 6.07) is 0.540. The molecule has 1 aromatic carbocycles. The van der Waals surface area contributed by atoms with Crippen LogP contribution in [-0.2, 0) is 40.5 Å². The van der Waals surface area contributed by atoms with Crippen molar-refractivity contribution in [1.29, 1.82) is 0 Å². The lowest BCUT2D eigenvalue weighted by molar-refractivity contribution is -0.141. The highest BCUT2D eigenvalue weighted by molar-refractivity contribution is 7.91. The largest absolute Gasteiger partial charge is 0.465 e. The van der Waals surface area contributed by atoms with Crippen LogP contribution in [0.1, 0.15) is 83.4 Å². The van der Waals surface area contributed by atoms with E-state index >= 15 is 0 Å². The topological polar surface area (TPSA) is 209 Å². The normalized spacial score (nSPS) is 25.7. The monoisotopic (exact) mass is 759 g/mol. The van der Waals surface area contributed by atoms with Crippen molar-refractivity contribution in [3.05, 3.63) is 60.0 Å². The number of carbonyl (C=O) groups excluding carboxylic acids is 5. The van der Waals surface area contributed by atoms with Gasteiger partial charge < -0.3 is 25.4 Å². The van der Waals surface area contributed by atoms with Gasteiger partial charge in [0.1, 0.15) is 29.0 Å². The molecule has 0 bridgehead atoms. The Morgan fingerprint density at radius 1 is 1.15 bits per heavy atom. The Balaban J connectivity index is 1.49. The highest BCUT2D eigenvalue weighted by atomic mass is 32.2. The van der Waals surface area contributed by atoms with E-state index < -0.39 is 92.1 Å². The molecule has 5 rings (SSSR count). The molecule has 15 nitrogen and oxygen atoms in total. The molecule has 2 aliphatic carbocycles. The van der Waals surface area contributed by atoms with E-state index in [2.05, 4.69) is 21.9 Å². The zero-order valence-corrected chi connectivity index (χ0v) is 30.9. The van der Waals surface area contributed by atoms with E-state index in [1.807, 2.05) is 0 Å². The molecule has 2 saturated carbocycles. The maximum atomic E-state index is 14.9. The van der Waals surface area contributed by atoms with Gasteiger partial charge in [-0.15, -0.1) is 6.58 Å². The fourth-order valence-corrected chi connectivity index (χ4v) is 8.59. The minimum absolute atomic E-state index is 0.0380. The standard InChI is InChI=1S/C36H46FN5O10S/c1-6-9-22(43)12-15-27(38-33(47)52-35(3,4)5)31(45)41-18-20(29-24-10-8-11-26(37)25(24)19-42(29)34(48)49)16-28(41)30(44)39-36(17-21(36)7-2)32(46)40-53(50,51)23-13-14-23/h6-11,20-21,23,27-29H,2,12-19H2,1,3-5H3,(H,38,47)(H,39,44)(H,40,46)(H,48,49)/b9-6+/t20-,21-,27+,28+,29?,36-/m1/s1. The van der Waals surface area contributed by atoms with E-state index in [-0.39, 0.29) is 50.1 Å². The number of hydrogen-bond donors (Lipinski definition) is 4.